The van der Waals surface area contributed by atoms with E-state index in [9.17, 15) is 9.18 Å². The Kier molecular flexibility index (Phi) is 4.65. The predicted molar refractivity (Wildman–Crippen MR) is 92.1 cm³/mol. The number of hydrogen-bond acceptors (Lipinski definition) is 4. The lowest BCUT2D eigenvalue weighted by Crippen LogP contribution is -2.05. The molecule has 2 heterocycles. The van der Waals surface area contributed by atoms with Crippen LogP contribution in [0.4, 0.5) is 4.39 Å². The van der Waals surface area contributed by atoms with Crippen molar-refractivity contribution in [3.8, 4) is 17.1 Å². The molecular formula is C18H16FN5O. The first kappa shape index (κ1) is 16.5. The molecule has 0 aliphatic carbocycles. The first-order valence-corrected chi connectivity index (χ1v) is 7.56. The third-order valence-electron chi connectivity index (χ3n) is 3.66. The number of aryl methyl sites for hydroxylation is 1. The highest BCUT2D eigenvalue weighted by Gasteiger charge is 2.11. The molecule has 25 heavy (non-hydrogen) atoms. The van der Waals surface area contributed by atoms with Crippen molar-refractivity contribution < 1.29 is 9.18 Å². The maximum absolute atomic E-state index is 14.4. The van der Waals surface area contributed by atoms with Crippen LogP contribution in [-0.4, -0.2) is 38.1 Å². The molecule has 0 bridgehead atoms. The fourth-order valence-corrected chi connectivity index (χ4v) is 2.27. The van der Waals surface area contributed by atoms with Crippen molar-refractivity contribution >= 4 is 12.5 Å². The van der Waals surface area contributed by atoms with Crippen molar-refractivity contribution in [2.24, 2.45) is 0 Å². The fourth-order valence-electron chi connectivity index (χ4n) is 2.27. The third kappa shape index (κ3) is 3.60. The van der Waals surface area contributed by atoms with E-state index in [-0.39, 0.29) is 5.82 Å². The minimum Gasteiger partial charge on any atom is -0.325 e. The van der Waals surface area contributed by atoms with Crippen LogP contribution in [0.5, 0.6) is 0 Å². The number of hydrogen-bond donors (Lipinski definition) is 0. The van der Waals surface area contributed by atoms with E-state index >= 15 is 0 Å². The van der Waals surface area contributed by atoms with Gasteiger partial charge in [-0.1, -0.05) is 0 Å². The Morgan fingerprint density at radius 2 is 2.00 bits per heavy atom. The number of carbonyl (C=O) groups excluding carboxylic acids is 1. The fraction of sp³-hybridized carbons (Fsp3) is 0.111. The maximum atomic E-state index is 14.4. The number of benzene rings is 1. The third-order valence-corrected chi connectivity index (χ3v) is 3.66. The normalized spacial score (nSPS) is 11.0. The molecule has 0 aliphatic rings. The first-order chi connectivity index (χ1) is 12.1. The van der Waals surface area contributed by atoms with Crippen LogP contribution in [0, 0.1) is 12.7 Å². The summed E-state index contributed by atoms with van der Waals surface area (Å²) in [5.41, 5.74) is 2.52. The van der Waals surface area contributed by atoms with Gasteiger partial charge in [0.15, 0.2) is 5.82 Å². The zero-order valence-corrected chi connectivity index (χ0v) is 13.8. The summed E-state index contributed by atoms with van der Waals surface area (Å²) in [6, 6.07) is 4.89. The number of aromatic nitrogens is 4. The van der Waals surface area contributed by atoms with Crippen LogP contribution in [0.3, 0.4) is 0 Å². The van der Waals surface area contributed by atoms with E-state index in [4.69, 9.17) is 0 Å². The minimum atomic E-state index is -0.398. The van der Waals surface area contributed by atoms with Gasteiger partial charge in [-0.15, -0.1) is 0 Å². The summed E-state index contributed by atoms with van der Waals surface area (Å²) < 4.78 is 16.0. The Hall–Kier alpha value is -3.35. The van der Waals surface area contributed by atoms with Crippen LogP contribution < -0.4 is 0 Å². The first-order valence-electron chi connectivity index (χ1n) is 7.56. The summed E-state index contributed by atoms with van der Waals surface area (Å²) in [4.78, 5) is 20.5. The topological polar surface area (TPSA) is 63.9 Å². The van der Waals surface area contributed by atoms with E-state index in [1.54, 1.807) is 67.8 Å². The molecule has 3 aromatic rings. The molecule has 0 spiro atoms. The molecule has 0 aliphatic heterocycles. The van der Waals surface area contributed by atoms with Gasteiger partial charge in [0.1, 0.15) is 11.5 Å². The second-order valence-electron chi connectivity index (χ2n) is 5.49. The van der Waals surface area contributed by atoms with Gasteiger partial charge in [0.25, 0.3) is 0 Å². The Morgan fingerprint density at radius 3 is 2.64 bits per heavy atom. The van der Waals surface area contributed by atoms with Gasteiger partial charge in [-0.05, 0) is 42.3 Å². The molecule has 0 N–H and O–H groups in total. The number of nitrogens with zero attached hydrogens (tertiary/aromatic N) is 5. The molecule has 0 saturated carbocycles. The van der Waals surface area contributed by atoms with E-state index in [0.717, 1.165) is 11.1 Å². The molecule has 0 atom stereocenters. The molecule has 0 fully saturated rings. The van der Waals surface area contributed by atoms with Crippen molar-refractivity contribution in [3.63, 3.8) is 0 Å². The Bertz CT molecular complexity index is 904. The molecule has 0 saturated heterocycles. The van der Waals surface area contributed by atoms with E-state index in [2.05, 4.69) is 15.1 Å². The van der Waals surface area contributed by atoms with Crippen LogP contribution in [0.2, 0.25) is 0 Å². The predicted octanol–water partition coefficient (Wildman–Crippen LogP) is 2.84. The Balaban J connectivity index is 1.96. The zero-order chi connectivity index (χ0) is 17.8. The van der Waals surface area contributed by atoms with E-state index < -0.39 is 5.82 Å². The SMILES string of the molecule is Cc1cc(F)c(-c2ncc(-n3cccn3)cn2)cc1/C=C\N(C)C=O. The lowest BCUT2D eigenvalue weighted by Gasteiger charge is -2.09. The summed E-state index contributed by atoms with van der Waals surface area (Å²) in [6.45, 7) is 1.80. The van der Waals surface area contributed by atoms with Gasteiger partial charge in [0, 0.05) is 25.6 Å². The van der Waals surface area contributed by atoms with Gasteiger partial charge in [-0.3, -0.25) is 4.79 Å². The highest BCUT2D eigenvalue weighted by molar-refractivity contribution is 5.66. The summed E-state index contributed by atoms with van der Waals surface area (Å²) in [5, 5.41) is 4.10. The average Bonchev–Trinajstić information content (AvgIpc) is 3.15. The van der Waals surface area contributed by atoms with Crippen molar-refractivity contribution in [2.45, 2.75) is 6.92 Å². The second kappa shape index (κ2) is 7.04. The van der Waals surface area contributed by atoms with Gasteiger partial charge < -0.3 is 4.90 Å². The second-order valence-corrected chi connectivity index (χ2v) is 5.49. The van der Waals surface area contributed by atoms with Crippen LogP contribution in [0.1, 0.15) is 11.1 Å². The van der Waals surface area contributed by atoms with Crippen LogP contribution >= 0.6 is 0 Å². The number of amides is 1. The quantitative estimate of drug-likeness (QED) is 0.672. The van der Waals surface area contributed by atoms with Crippen molar-refractivity contribution in [1.29, 1.82) is 0 Å². The molecule has 0 radical (unpaired) electrons. The van der Waals surface area contributed by atoms with Gasteiger partial charge >= 0.3 is 0 Å². The van der Waals surface area contributed by atoms with Crippen LogP contribution in [0.15, 0.2) is 49.2 Å². The van der Waals surface area contributed by atoms with E-state index in [0.29, 0.717) is 17.7 Å². The monoisotopic (exact) mass is 337 g/mol. The average molecular weight is 337 g/mol. The van der Waals surface area contributed by atoms with Gasteiger partial charge in [0.05, 0.1) is 18.0 Å². The molecule has 0 unspecified atom stereocenters. The number of halogens is 1. The number of rotatable bonds is 5. The van der Waals surface area contributed by atoms with Crippen LogP contribution in [0.25, 0.3) is 23.2 Å². The summed E-state index contributed by atoms with van der Waals surface area (Å²) in [5.74, 6) is -0.114. The lowest BCUT2D eigenvalue weighted by atomic mass is 10.0. The largest absolute Gasteiger partial charge is 0.325 e. The van der Waals surface area contributed by atoms with Crippen molar-refractivity contribution in [1.82, 2.24) is 24.6 Å². The van der Waals surface area contributed by atoms with Crippen molar-refractivity contribution in [3.05, 3.63) is 66.1 Å². The molecule has 1 amide bonds. The molecule has 6 nitrogen and oxygen atoms in total. The van der Waals surface area contributed by atoms with Gasteiger partial charge in [-0.25, -0.2) is 19.0 Å². The molecule has 3 rings (SSSR count). The molecule has 2 aromatic heterocycles. The Labute approximate surface area is 144 Å². The maximum Gasteiger partial charge on any atom is 0.213 e. The lowest BCUT2D eigenvalue weighted by molar-refractivity contribution is -0.114. The standard InChI is InChI=1S/C18H16FN5O/c1-13-8-17(19)16(9-14(13)4-7-23(2)12-25)18-20-10-15(11-21-18)24-6-3-5-22-24/h3-12H,1-2H3/b7-4-. The molecule has 7 heteroatoms. The molecule has 126 valence electrons. The highest BCUT2D eigenvalue weighted by Crippen LogP contribution is 2.24. The highest BCUT2D eigenvalue weighted by atomic mass is 19.1. The van der Waals surface area contributed by atoms with Crippen molar-refractivity contribution in [2.75, 3.05) is 7.05 Å². The Morgan fingerprint density at radius 1 is 1.24 bits per heavy atom. The van der Waals surface area contributed by atoms with Gasteiger partial charge in [-0.2, -0.15) is 5.10 Å². The molecule has 1 aromatic carbocycles. The van der Waals surface area contributed by atoms with E-state index in [1.807, 2.05) is 0 Å². The molecular weight excluding hydrogens is 321 g/mol. The zero-order valence-electron chi connectivity index (χ0n) is 13.8. The number of carbonyl (C=O) groups is 1. The summed E-state index contributed by atoms with van der Waals surface area (Å²) in [6.07, 6.45) is 10.6. The van der Waals surface area contributed by atoms with Crippen LogP contribution in [-0.2, 0) is 4.79 Å². The minimum absolute atomic E-state index is 0.284. The van der Waals surface area contributed by atoms with E-state index in [1.165, 1.54) is 11.0 Å². The smallest absolute Gasteiger partial charge is 0.213 e. The van der Waals surface area contributed by atoms with Gasteiger partial charge in [0.2, 0.25) is 6.41 Å². The summed E-state index contributed by atoms with van der Waals surface area (Å²) >= 11 is 0. The summed E-state index contributed by atoms with van der Waals surface area (Å²) in [7, 11) is 1.63.